The third-order valence-corrected chi connectivity index (χ3v) is 4.24. The first-order valence-electron chi connectivity index (χ1n) is 12.6. The number of para-hydroxylation sites is 2. The molecule has 3 aromatic rings. The van der Waals surface area contributed by atoms with E-state index >= 15 is 0 Å². The van der Waals surface area contributed by atoms with Gasteiger partial charge in [-0.2, -0.15) is 0 Å². The maximum absolute atomic E-state index is 5.54. The van der Waals surface area contributed by atoms with Crippen molar-refractivity contribution in [1.29, 1.82) is 0 Å². The normalized spacial score (nSPS) is 12.4. The summed E-state index contributed by atoms with van der Waals surface area (Å²) in [5, 5.41) is 1.23. The third kappa shape index (κ3) is 10.4. The van der Waals surface area contributed by atoms with Crippen LogP contribution in [0.25, 0.3) is 11.0 Å². The molecule has 2 heteroatoms. The van der Waals surface area contributed by atoms with Crippen LogP contribution in [-0.2, 0) is 0 Å². The summed E-state index contributed by atoms with van der Waals surface area (Å²) in [6, 6.07) is 12.5. The molecule has 32 heavy (non-hydrogen) atoms. The van der Waals surface area contributed by atoms with Crippen molar-refractivity contribution in [3.05, 3.63) is 64.9 Å². The zero-order valence-corrected chi connectivity index (χ0v) is 23.1. The second-order valence-corrected chi connectivity index (χ2v) is 7.49. The van der Waals surface area contributed by atoms with Gasteiger partial charge < -0.3 is 9.15 Å². The van der Waals surface area contributed by atoms with Gasteiger partial charge in [0.05, 0.1) is 12.9 Å². The van der Waals surface area contributed by atoms with Crippen molar-refractivity contribution in [2.24, 2.45) is 0 Å². The van der Waals surface area contributed by atoms with Crippen LogP contribution in [0.4, 0.5) is 0 Å². The van der Waals surface area contributed by atoms with Crippen molar-refractivity contribution < 1.29 is 9.15 Å². The number of fused-ring (bicyclic) bond motifs is 2. The molecule has 0 saturated heterocycles. The monoisotopic (exact) mass is 442 g/mol. The Morgan fingerprint density at radius 1 is 0.750 bits per heavy atom. The van der Waals surface area contributed by atoms with E-state index < -0.39 is 0 Å². The highest BCUT2D eigenvalue weighted by Crippen LogP contribution is 2.35. The fraction of sp³-hybridized carbons (Fsp3) is 0.533. The van der Waals surface area contributed by atoms with Gasteiger partial charge >= 0.3 is 0 Å². The van der Waals surface area contributed by atoms with Crippen LogP contribution in [-0.4, -0.2) is 6.61 Å². The predicted molar refractivity (Wildman–Crippen MR) is 145 cm³/mol. The van der Waals surface area contributed by atoms with Gasteiger partial charge in [-0.15, -0.1) is 0 Å². The Bertz CT molecular complexity index is 828. The smallest absolute Gasteiger partial charge is 0.137 e. The van der Waals surface area contributed by atoms with E-state index in [0.717, 1.165) is 17.9 Å². The average Bonchev–Trinajstić information content (AvgIpc) is 3.38. The van der Waals surface area contributed by atoms with E-state index in [9.17, 15) is 0 Å². The molecule has 182 valence electrons. The molecule has 4 rings (SSSR count). The van der Waals surface area contributed by atoms with Crippen LogP contribution in [0, 0.1) is 20.8 Å². The number of furan rings is 1. The largest absolute Gasteiger partial charge is 0.492 e. The van der Waals surface area contributed by atoms with Crippen molar-refractivity contribution in [1.82, 2.24) is 0 Å². The molecular weight excluding hydrogens is 392 g/mol. The van der Waals surface area contributed by atoms with Gasteiger partial charge in [-0.1, -0.05) is 112 Å². The van der Waals surface area contributed by atoms with Gasteiger partial charge in [0.1, 0.15) is 11.3 Å². The molecule has 2 nitrogen and oxygen atoms in total. The fourth-order valence-electron chi connectivity index (χ4n) is 2.89. The summed E-state index contributed by atoms with van der Waals surface area (Å²) in [5.74, 6) is 1.69. The van der Waals surface area contributed by atoms with Crippen molar-refractivity contribution >= 4 is 11.0 Å². The Hall–Kier alpha value is -2.22. The standard InChI is InChI=1S/C10H12O.C10H10O.2C3H8.2C2H6/c2*1-7-4-3-5-9-8(2)6-11-10(7)9;2*1-3-2;2*1-2/h3-5,8H,6H2,1-2H3;3-6H,1-2H3;2*3H2,1-2H3;2*1-2H3. The molecule has 2 aromatic carbocycles. The minimum Gasteiger partial charge on any atom is -0.492 e. The van der Waals surface area contributed by atoms with Crippen molar-refractivity contribution in [2.75, 3.05) is 6.61 Å². The Morgan fingerprint density at radius 3 is 1.75 bits per heavy atom. The van der Waals surface area contributed by atoms with Crippen molar-refractivity contribution in [3.63, 3.8) is 0 Å². The molecule has 0 aliphatic carbocycles. The Kier molecular flexibility index (Phi) is 19.4. The minimum absolute atomic E-state index is 0.574. The first kappa shape index (κ1) is 32.0. The van der Waals surface area contributed by atoms with Gasteiger partial charge in [0.15, 0.2) is 0 Å². The van der Waals surface area contributed by atoms with Crippen LogP contribution in [0.3, 0.4) is 0 Å². The molecule has 0 fully saturated rings. The van der Waals surface area contributed by atoms with E-state index in [-0.39, 0.29) is 0 Å². The number of hydrogen-bond donors (Lipinski definition) is 0. The first-order chi connectivity index (χ1) is 15.4. The molecule has 1 unspecified atom stereocenters. The molecule has 2 heterocycles. The fourth-order valence-corrected chi connectivity index (χ4v) is 2.89. The number of rotatable bonds is 0. The molecule has 0 bridgehead atoms. The zero-order chi connectivity index (χ0) is 25.1. The number of benzene rings is 2. The third-order valence-electron chi connectivity index (χ3n) is 4.24. The minimum atomic E-state index is 0.574. The van der Waals surface area contributed by atoms with Crippen molar-refractivity contribution in [3.8, 4) is 5.75 Å². The van der Waals surface area contributed by atoms with E-state index in [1.165, 1.54) is 40.5 Å². The second kappa shape index (κ2) is 19.5. The molecule has 0 amide bonds. The summed E-state index contributed by atoms with van der Waals surface area (Å²) in [6.45, 7) is 25.8. The van der Waals surface area contributed by atoms with Crippen LogP contribution < -0.4 is 4.74 Å². The lowest BCUT2D eigenvalue weighted by Gasteiger charge is -2.01. The molecule has 1 aromatic heterocycles. The van der Waals surface area contributed by atoms with Crippen molar-refractivity contribution in [2.45, 2.75) is 102 Å². The predicted octanol–water partition coefficient (Wildman–Crippen LogP) is 10.4. The van der Waals surface area contributed by atoms with Gasteiger partial charge in [-0.25, -0.2) is 0 Å². The van der Waals surface area contributed by atoms with Crippen LogP contribution in [0.2, 0.25) is 0 Å². The lowest BCUT2D eigenvalue weighted by atomic mass is 10.0. The molecule has 0 spiro atoms. The second-order valence-electron chi connectivity index (χ2n) is 7.49. The topological polar surface area (TPSA) is 22.4 Å². The van der Waals surface area contributed by atoms with E-state index in [1.54, 1.807) is 6.26 Å². The summed E-state index contributed by atoms with van der Waals surface area (Å²) in [5.41, 5.74) is 6.06. The molecule has 0 N–H and O–H groups in total. The molecule has 1 atom stereocenters. The summed E-state index contributed by atoms with van der Waals surface area (Å²) >= 11 is 0. The van der Waals surface area contributed by atoms with Crippen LogP contribution >= 0.6 is 0 Å². The summed E-state index contributed by atoms with van der Waals surface area (Å²) in [4.78, 5) is 0. The average molecular weight is 443 g/mol. The zero-order valence-electron chi connectivity index (χ0n) is 23.1. The van der Waals surface area contributed by atoms with Gasteiger partial charge in [-0.05, 0) is 37.5 Å². The number of ether oxygens (including phenoxy) is 1. The molecule has 0 radical (unpaired) electrons. The van der Waals surface area contributed by atoms with E-state index in [4.69, 9.17) is 9.15 Å². The maximum Gasteiger partial charge on any atom is 0.137 e. The first-order valence-corrected chi connectivity index (χ1v) is 12.6. The Labute approximate surface area is 199 Å². The molecular formula is C30H50O2. The van der Waals surface area contributed by atoms with E-state index in [0.29, 0.717) is 5.92 Å². The van der Waals surface area contributed by atoms with E-state index in [2.05, 4.69) is 91.8 Å². The summed E-state index contributed by atoms with van der Waals surface area (Å²) in [7, 11) is 0. The van der Waals surface area contributed by atoms with Crippen LogP contribution in [0.15, 0.2) is 47.1 Å². The van der Waals surface area contributed by atoms with Gasteiger partial charge in [0.25, 0.3) is 0 Å². The van der Waals surface area contributed by atoms with Crippen LogP contribution in [0.1, 0.15) is 103 Å². The lowest BCUT2D eigenvalue weighted by Crippen LogP contribution is -1.93. The Morgan fingerprint density at radius 2 is 1.25 bits per heavy atom. The highest BCUT2D eigenvalue weighted by Gasteiger charge is 2.20. The molecule has 1 aliphatic heterocycles. The van der Waals surface area contributed by atoms with Gasteiger partial charge in [0.2, 0.25) is 0 Å². The number of hydrogen-bond acceptors (Lipinski definition) is 2. The van der Waals surface area contributed by atoms with E-state index in [1.807, 2.05) is 27.7 Å². The van der Waals surface area contributed by atoms with Gasteiger partial charge in [-0.3, -0.25) is 0 Å². The van der Waals surface area contributed by atoms with Gasteiger partial charge in [0, 0.05) is 16.9 Å². The maximum atomic E-state index is 5.54. The summed E-state index contributed by atoms with van der Waals surface area (Å²) < 4.78 is 10.9. The van der Waals surface area contributed by atoms with Crippen LogP contribution in [0.5, 0.6) is 5.75 Å². The number of aryl methyl sites for hydroxylation is 3. The molecule has 0 saturated carbocycles. The highest BCUT2D eigenvalue weighted by atomic mass is 16.5. The summed E-state index contributed by atoms with van der Waals surface area (Å²) in [6.07, 6.45) is 4.30. The SMILES string of the molecule is CC.CC.CCC.CCC.Cc1cccc2c1OCC2C.Cc1coc2c(C)cccc12. The quantitative estimate of drug-likeness (QED) is 0.345. The highest BCUT2D eigenvalue weighted by molar-refractivity contribution is 5.83. The molecule has 1 aliphatic rings. The lowest BCUT2D eigenvalue weighted by molar-refractivity contribution is 0.335. The Balaban J connectivity index is 0.